The molecule has 0 fully saturated rings. The maximum absolute atomic E-state index is 13.5. The van der Waals surface area contributed by atoms with Crippen LogP contribution in [0.5, 0.6) is 0 Å². The Morgan fingerprint density at radius 3 is 2.84 bits per heavy atom. The number of methoxy groups -OCH3 is 1. The van der Waals surface area contributed by atoms with E-state index in [4.69, 9.17) is 0 Å². The van der Waals surface area contributed by atoms with Crippen LogP contribution in [0.25, 0.3) is 11.3 Å². The zero-order chi connectivity index (χ0) is 14.0. The molecule has 0 aliphatic heterocycles. The average Bonchev–Trinajstić information content (AvgIpc) is 2.78. The fourth-order valence-corrected chi connectivity index (χ4v) is 2.55. The number of carbonyl (C=O) groups is 1. The second-order valence-electron chi connectivity index (χ2n) is 3.50. The van der Waals surface area contributed by atoms with Crippen molar-refractivity contribution in [2.45, 2.75) is 0 Å². The standard InChI is InChI=1S/C11H7BrF2N2O2S/c1-18-11(17)7-2-6(3-8(13)4-7)9-10(12)15-5-16(9)19-14/h2-5H,1H3. The van der Waals surface area contributed by atoms with Crippen molar-refractivity contribution in [3.63, 3.8) is 0 Å². The summed E-state index contributed by atoms with van der Waals surface area (Å²) in [6.45, 7) is 0. The third-order valence-corrected chi connectivity index (χ3v) is 3.36. The second kappa shape index (κ2) is 5.70. The lowest BCUT2D eigenvalue weighted by molar-refractivity contribution is 0.0600. The van der Waals surface area contributed by atoms with Crippen molar-refractivity contribution in [2.75, 3.05) is 7.11 Å². The summed E-state index contributed by atoms with van der Waals surface area (Å²) >= 11 is 3.07. The highest BCUT2D eigenvalue weighted by Gasteiger charge is 2.16. The lowest BCUT2D eigenvalue weighted by atomic mass is 10.1. The molecule has 4 nitrogen and oxygen atoms in total. The predicted molar refractivity (Wildman–Crippen MR) is 70.8 cm³/mol. The molecule has 0 saturated heterocycles. The Hall–Kier alpha value is -1.41. The Morgan fingerprint density at radius 2 is 2.21 bits per heavy atom. The van der Waals surface area contributed by atoms with Crippen LogP contribution in [0, 0.1) is 5.82 Å². The summed E-state index contributed by atoms with van der Waals surface area (Å²) in [5.41, 5.74) is 0.674. The molecule has 19 heavy (non-hydrogen) atoms. The van der Waals surface area contributed by atoms with E-state index < -0.39 is 11.8 Å². The lowest BCUT2D eigenvalue weighted by Gasteiger charge is -2.06. The quantitative estimate of drug-likeness (QED) is 0.794. The van der Waals surface area contributed by atoms with Gasteiger partial charge in [0.2, 0.25) is 0 Å². The molecule has 0 unspecified atom stereocenters. The van der Waals surface area contributed by atoms with E-state index in [0.29, 0.717) is 15.9 Å². The summed E-state index contributed by atoms with van der Waals surface area (Å²) in [5, 5.41) is 0. The summed E-state index contributed by atoms with van der Waals surface area (Å²) in [4.78, 5) is 15.3. The summed E-state index contributed by atoms with van der Waals surface area (Å²) in [6.07, 6.45) is 1.24. The van der Waals surface area contributed by atoms with Crippen LogP contribution < -0.4 is 0 Å². The van der Waals surface area contributed by atoms with Crippen molar-refractivity contribution >= 4 is 34.2 Å². The fraction of sp³-hybridized carbons (Fsp3) is 0.0909. The molecule has 8 heteroatoms. The predicted octanol–water partition coefficient (Wildman–Crippen LogP) is 3.62. The van der Waals surface area contributed by atoms with E-state index in [0.717, 1.165) is 10.0 Å². The van der Waals surface area contributed by atoms with Crippen molar-refractivity contribution in [2.24, 2.45) is 0 Å². The molecule has 1 heterocycles. The van der Waals surface area contributed by atoms with E-state index in [2.05, 4.69) is 25.7 Å². The number of benzene rings is 1. The molecule has 0 aliphatic rings. The number of ether oxygens (including phenoxy) is 1. The number of imidazole rings is 1. The molecule has 0 radical (unpaired) electrons. The maximum Gasteiger partial charge on any atom is 0.337 e. The summed E-state index contributed by atoms with van der Waals surface area (Å²) < 4.78 is 32.3. The summed E-state index contributed by atoms with van der Waals surface area (Å²) in [5.74, 6) is -1.29. The fourth-order valence-electron chi connectivity index (χ4n) is 1.57. The van der Waals surface area contributed by atoms with Crippen molar-refractivity contribution in [1.29, 1.82) is 0 Å². The van der Waals surface area contributed by atoms with Crippen LogP contribution in [0.1, 0.15) is 10.4 Å². The highest BCUT2D eigenvalue weighted by Crippen LogP contribution is 2.31. The van der Waals surface area contributed by atoms with Crippen molar-refractivity contribution in [1.82, 2.24) is 8.96 Å². The van der Waals surface area contributed by atoms with Gasteiger partial charge < -0.3 is 4.74 Å². The first kappa shape index (κ1) is 14.0. The van der Waals surface area contributed by atoms with Crippen molar-refractivity contribution in [3.8, 4) is 11.3 Å². The molecular weight excluding hydrogens is 342 g/mol. The first-order valence-electron chi connectivity index (χ1n) is 4.98. The van der Waals surface area contributed by atoms with Crippen LogP contribution in [0.3, 0.4) is 0 Å². The molecule has 0 spiro atoms. The number of aromatic nitrogens is 2. The van der Waals surface area contributed by atoms with E-state index >= 15 is 0 Å². The van der Waals surface area contributed by atoms with Gasteiger partial charge in [-0.3, -0.25) is 0 Å². The van der Waals surface area contributed by atoms with E-state index in [9.17, 15) is 13.1 Å². The normalized spacial score (nSPS) is 10.5. The van der Waals surface area contributed by atoms with Crippen LogP contribution in [0.4, 0.5) is 8.28 Å². The summed E-state index contributed by atoms with van der Waals surface area (Å²) in [7, 11) is 1.20. The molecule has 0 atom stereocenters. The molecule has 0 amide bonds. The zero-order valence-corrected chi connectivity index (χ0v) is 12.0. The topological polar surface area (TPSA) is 44.1 Å². The Labute approximate surface area is 120 Å². The monoisotopic (exact) mass is 348 g/mol. The smallest absolute Gasteiger partial charge is 0.337 e. The number of hydrogen-bond acceptors (Lipinski definition) is 4. The number of carbonyl (C=O) groups excluding carboxylic acids is 1. The minimum absolute atomic E-state index is 0.0426. The van der Waals surface area contributed by atoms with Gasteiger partial charge in [0.15, 0.2) is 12.3 Å². The molecule has 0 saturated carbocycles. The molecule has 2 aromatic rings. The molecule has 100 valence electrons. The SMILES string of the molecule is COC(=O)c1cc(F)cc(-c2c(Br)ncn2SF)c1. The minimum Gasteiger partial charge on any atom is -0.465 e. The van der Waals surface area contributed by atoms with Crippen LogP contribution in [0.15, 0.2) is 29.1 Å². The molecule has 0 bridgehead atoms. The van der Waals surface area contributed by atoms with E-state index in [1.165, 1.54) is 25.6 Å². The number of hydrogen-bond donors (Lipinski definition) is 0. The maximum atomic E-state index is 13.5. The van der Waals surface area contributed by atoms with Crippen LogP contribution in [-0.4, -0.2) is 22.0 Å². The van der Waals surface area contributed by atoms with Crippen molar-refractivity contribution < 1.29 is 17.8 Å². The summed E-state index contributed by atoms with van der Waals surface area (Å²) in [6, 6.07) is 3.64. The molecule has 0 N–H and O–H groups in total. The van der Waals surface area contributed by atoms with Gasteiger partial charge in [-0.15, -0.1) is 3.89 Å². The molecule has 2 rings (SSSR count). The lowest BCUT2D eigenvalue weighted by Crippen LogP contribution is -2.02. The van der Waals surface area contributed by atoms with Gasteiger partial charge in [-0.2, -0.15) is 0 Å². The third-order valence-electron chi connectivity index (χ3n) is 2.36. The second-order valence-corrected chi connectivity index (χ2v) is 4.78. The van der Waals surface area contributed by atoms with Gasteiger partial charge in [-0.05, 0) is 34.1 Å². The van der Waals surface area contributed by atoms with Gasteiger partial charge in [-0.1, -0.05) is 0 Å². The Morgan fingerprint density at radius 1 is 1.47 bits per heavy atom. The largest absolute Gasteiger partial charge is 0.465 e. The number of esters is 1. The van der Waals surface area contributed by atoms with Gasteiger partial charge in [0.05, 0.1) is 18.4 Å². The number of rotatable bonds is 3. The van der Waals surface area contributed by atoms with E-state index in [-0.39, 0.29) is 17.9 Å². The third kappa shape index (κ3) is 2.79. The minimum atomic E-state index is -0.671. The zero-order valence-electron chi connectivity index (χ0n) is 9.56. The van der Waals surface area contributed by atoms with Gasteiger partial charge in [0, 0.05) is 5.56 Å². The molecular formula is C11H7BrF2N2O2S. The molecule has 1 aromatic heterocycles. The van der Waals surface area contributed by atoms with E-state index in [1.807, 2.05) is 0 Å². The van der Waals surface area contributed by atoms with Crippen molar-refractivity contribution in [3.05, 3.63) is 40.5 Å². The highest BCUT2D eigenvalue weighted by molar-refractivity contribution is 9.10. The number of nitrogens with zero attached hydrogens (tertiary/aromatic N) is 2. The van der Waals surface area contributed by atoms with Crippen LogP contribution in [0.2, 0.25) is 0 Å². The first-order valence-corrected chi connectivity index (χ1v) is 6.44. The molecule has 0 aliphatic carbocycles. The van der Waals surface area contributed by atoms with Gasteiger partial charge in [0.25, 0.3) is 0 Å². The number of halogens is 3. The Bertz CT molecular complexity index is 633. The van der Waals surface area contributed by atoms with Crippen LogP contribution in [-0.2, 0) is 4.74 Å². The first-order chi connectivity index (χ1) is 9.06. The van der Waals surface area contributed by atoms with Gasteiger partial charge >= 0.3 is 5.97 Å². The Balaban J connectivity index is 2.59. The average molecular weight is 349 g/mol. The highest BCUT2D eigenvalue weighted by atomic mass is 79.9. The Kier molecular flexibility index (Phi) is 4.20. The van der Waals surface area contributed by atoms with Crippen LogP contribution >= 0.6 is 28.3 Å². The van der Waals surface area contributed by atoms with Gasteiger partial charge in [-0.25, -0.2) is 18.1 Å². The van der Waals surface area contributed by atoms with E-state index in [1.54, 1.807) is 0 Å². The molecule has 1 aromatic carbocycles. The van der Waals surface area contributed by atoms with Gasteiger partial charge in [0.1, 0.15) is 16.7 Å².